The lowest BCUT2D eigenvalue weighted by Crippen LogP contribution is -2.37. The zero-order valence-electron chi connectivity index (χ0n) is 19.0. The molecule has 9 nitrogen and oxygen atoms in total. The van der Waals surface area contributed by atoms with E-state index in [0.717, 1.165) is 18.4 Å². The first-order chi connectivity index (χ1) is 16.9. The number of aryl methyl sites for hydroxylation is 1. The number of aldehydes is 1. The quantitative estimate of drug-likeness (QED) is 0.385. The molecule has 1 aliphatic carbocycles. The minimum absolute atomic E-state index is 0.0862. The molecule has 36 heavy (non-hydrogen) atoms. The summed E-state index contributed by atoms with van der Waals surface area (Å²) in [6.45, 7) is 0. The number of primary sulfonamides is 1. The molecular weight excluding hydrogens is 504 g/mol. The van der Waals surface area contributed by atoms with Crippen LogP contribution in [0.3, 0.4) is 0 Å². The van der Waals surface area contributed by atoms with E-state index in [2.05, 4.69) is 15.1 Å². The first-order valence-corrected chi connectivity index (χ1v) is 12.4. The molecule has 0 aliphatic heterocycles. The van der Waals surface area contributed by atoms with Crippen LogP contribution in [0.1, 0.15) is 31.2 Å². The molecular formula is C22H22F4N6O3S. The van der Waals surface area contributed by atoms with Crippen LogP contribution in [0.25, 0.3) is 11.3 Å². The Labute approximate surface area is 204 Å². The predicted molar refractivity (Wildman–Crippen MR) is 121 cm³/mol. The normalized spacial score (nSPS) is 18.7. The van der Waals surface area contributed by atoms with Gasteiger partial charge in [0.2, 0.25) is 16.0 Å². The number of nitrogens with two attached hydrogens (primary N) is 1. The van der Waals surface area contributed by atoms with Gasteiger partial charge >= 0.3 is 6.18 Å². The minimum atomic E-state index is -4.76. The van der Waals surface area contributed by atoms with Crippen molar-refractivity contribution in [1.29, 1.82) is 0 Å². The molecule has 2 N–H and O–H groups in total. The third-order valence-electron chi connectivity index (χ3n) is 6.08. The average Bonchev–Trinajstić information content (AvgIpc) is 3.25. The molecule has 4 rings (SSSR count). The van der Waals surface area contributed by atoms with Gasteiger partial charge in [0.1, 0.15) is 17.7 Å². The van der Waals surface area contributed by atoms with Gasteiger partial charge in [0.25, 0.3) is 0 Å². The van der Waals surface area contributed by atoms with Crippen molar-refractivity contribution in [3.63, 3.8) is 0 Å². The molecule has 2 heterocycles. The third kappa shape index (κ3) is 5.23. The average molecular weight is 527 g/mol. The topological polar surface area (TPSA) is 124 Å². The Hall–Kier alpha value is -3.39. The van der Waals surface area contributed by atoms with Crippen molar-refractivity contribution >= 4 is 27.9 Å². The Morgan fingerprint density at radius 3 is 2.39 bits per heavy atom. The van der Waals surface area contributed by atoms with E-state index in [9.17, 15) is 26.4 Å². The summed E-state index contributed by atoms with van der Waals surface area (Å²) in [5.74, 6) is -1.36. The molecule has 0 amide bonds. The molecule has 0 saturated heterocycles. The van der Waals surface area contributed by atoms with E-state index in [-0.39, 0.29) is 23.1 Å². The lowest BCUT2D eigenvalue weighted by atomic mass is 9.86. The second kappa shape index (κ2) is 9.58. The van der Waals surface area contributed by atoms with Crippen molar-refractivity contribution < 1.29 is 30.8 Å². The summed E-state index contributed by atoms with van der Waals surface area (Å²) < 4.78 is 81.2. The van der Waals surface area contributed by atoms with Crippen molar-refractivity contribution in [2.24, 2.45) is 18.1 Å². The molecule has 0 radical (unpaired) electrons. The second-order valence-electron chi connectivity index (χ2n) is 8.57. The summed E-state index contributed by atoms with van der Waals surface area (Å²) in [5.41, 5.74) is -1.57. The molecule has 0 spiro atoms. The summed E-state index contributed by atoms with van der Waals surface area (Å²) in [7, 11) is -2.65. The molecule has 1 aliphatic rings. The number of carbonyl (C=O) groups excluding carboxylic acids is 1. The minimum Gasteiger partial charge on any atom is -0.305 e. The largest absolute Gasteiger partial charge is 0.419 e. The standard InChI is InChI=1S/C22H22F4N6O3S/c1-31-11-14(9-29-31)20-17(22(24,25)26)10-28-21(30-20)32(15-4-2-13(12-33)3-5-15)19-7-6-16(8-18(19)23)36(27,34)35/h6-13,15H,2-5H2,1H3,(H2,27,34,35). The summed E-state index contributed by atoms with van der Waals surface area (Å²) >= 11 is 0. The highest BCUT2D eigenvalue weighted by Crippen LogP contribution is 2.40. The molecule has 192 valence electrons. The fourth-order valence-electron chi connectivity index (χ4n) is 4.28. The highest BCUT2D eigenvalue weighted by atomic mass is 32.2. The lowest BCUT2D eigenvalue weighted by molar-refractivity contribution is -0.137. The fourth-order valence-corrected chi connectivity index (χ4v) is 4.81. The number of halogens is 4. The lowest BCUT2D eigenvalue weighted by Gasteiger charge is -2.36. The SMILES string of the molecule is Cn1cc(-c2nc(N(c3ccc(S(N)(=O)=O)cc3F)C3CCC(C=O)CC3)ncc2C(F)(F)F)cn1. The van der Waals surface area contributed by atoms with Crippen LogP contribution in [-0.2, 0) is 28.0 Å². The van der Waals surface area contributed by atoms with Gasteiger partial charge < -0.3 is 9.69 Å². The number of rotatable bonds is 6. The number of anilines is 2. The molecule has 1 aromatic carbocycles. The summed E-state index contributed by atoms with van der Waals surface area (Å²) in [6.07, 6.45) is 1.08. The highest BCUT2D eigenvalue weighted by Gasteiger charge is 2.37. The molecule has 0 atom stereocenters. The first kappa shape index (κ1) is 25.7. The Morgan fingerprint density at radius 1 is 1.17 bits per heavy atom. The van der Waals surface area contributed by atoms with Gasteiger partial charge in [-0.25, -0.2) is 27.9 Å². The van der Waals surface area contributed by atoms with E-state index in [1.54, 1.807) is 7.05 Å². The number of hydrogen-bond acceptors (Lipinski definition) is 7. The second-order valence-corrected chi connectivity index (χ2v) is 10.1. The van der Waals surface area contributed by atoms with Gasteiger partial charge in [0, 0.05) is 37.0 Å². The molecule has 0 unspecified atom stereocenters. The number of alkyl halides is 3. The first-order valence-electron chi connectivity index (χ1n) is 10.9. The Morgan fingerprint density at radius 2 is 1.86 bits per heavy atom. The number of carbonyl (C=O) groups is 1. The van der Waals surface area contributed by atoms with Crippen LogP contribution in [0.5, 0.6) is 0 Å². The van der Waals surface area contributed by atoms with Crippen molar-refractivity contribution in [1.82, 2.24) is 19.7 Å². The molecule has 1 saturated carbocycles. The molecule has 2 aromatic heterocycles. The summed E-state index contributed by atoms with van der Waals surface area (Å²) in [4.78, 5) is 20.2. The Kier molecular flexibility index (Phi) is 6.84. The van der Waals surface area contributed by atoms with Crippen LogP contribution < -0.4 is 10.0 Å². The Balaban J connectivity index is 1.88. The van der Waals surface area contributed by atoms with Gasteiger partial charge in [0.05, 0.1) is 22.5 Å². The summed E-state index contributed by atoms with van der Waals surface area (Å²) in [5, 5.41) is 9.02. The molecule has 0 bridgehead atoms. The van der Waals surface area contributed by atoms with Crippen LogP contribution in [0.2, 0.25) is 0 Å². The van der Waals surface area contributed by atoms with E-state index in [1.165, 1.54) is 28.0 Å². The van der Waals surface area contributed by atoms with Crippen molar-refractivity contribution in [3.8, 4) is 11.3 Å². The maximum absolute atomic E-state index is 15.2. The van der Waals surface area contributed by atoms with Crippen molar-refractivity contribution in [2.75, 3.05) is 4.90 Å². The number of aromatic nitrogens is 4. The van der Waals surface area contributed by atoms with Gasteiger partial charge in [-0.15, -0.1) is 0 Å². The van der Waals surface area contributed by atoms with Gasteiger partial charge in [0.15, 0.2) is 0 Å². The van der Waals surface area contributed by atoms with E-state index in [1.807, 2.05) is 0 Å². The number of sulfonamides is 1. The predicted octanol–water partition coefficient (Wildman–Crippen LogP) is 3.58. The number of nitrogens with zero attached hydrogens (tertiary/aromatic N) is 5. The van der Waals surface area contributed by atoms with Crippen LogP contribution in [-0.4, -0.2) is 40.5 Å². The van der Waals surface area contributed by atoms with Crippen molar-refractivity contribution in [3.05, 3.63) is 48.2 Å². The van der Waals surface area contributed by atoms with Gasteiger partial charge in [-0.3, -0.25) is 4.68 Å². The van der Waals surface area contributed by atoms with Crippen LogP contribution in [0.4, 0.5) is 29.2 Å². The fraction of sp³-hybridized carbons (Fsp3) is 0.364. The zero-order chi connectivity index (χ0) is 26.3. The van der Waals surface area contributed by atoms with Crippen LogP contribution in [0, 0.1) is 11.7 Å². The maximum atomic E-state index is 15.2. The van der Waals surface area contributed by atoms with Gasteiger partial charge in [-0.05, 0) is 43.9 Å². The smallest absolute Gasteiger partial charge is 0.305 e. The van der Waals surface area contributed by atoms with Crippen LogP contribution in [0.15, 0.2) is 41.7 Å². The van der Waals surface area contributed by atoms with E-state index in [0.29, 0.717) is 31.9 Å². The molecule has 14 heteroatoms. The van der Waals surface area contributed by atoms with Crippen LogP contribution >= 0.6 is 0 Å². The number of benzene rings is 1. The Bertz CT molecular complexity index is 1380. The van der Waals surface area contributed by atoms with Gasteiger partial charge in [-0.2, -0.15) is 18.3 Å². The monoisotopic (exact) mass is 526 g/mol. The third-order valence-corrected chi connectivity index (χ3v) is 6.99. The molecule has 1 fully saturated rings. The van der Waals surface area contributed by atoms with Gasteiger partial charge in [-0.1, -0.05) is 0 Å². The zero-order valence-corrected chi connectivity index (χ0v) is 19.8. The highest BCUT2D eigenvalue weighted by molar-refractivity contribution is 7.89. The molecule has 3 aromatic rings. The number of hydrogen-bond donors (Lipinski definition) is 1. The van der Waals surface area contributed by atoms with E-state index in [4.69, 9.17) is 5.14 Å². The van der Waals surface area contributed by atoms with Crippen molar-refractivity contribution in [2.45, 2.75) is 42.8 Å². The van der Waals surface area contributed by atoms with E-state index >= 15 is 4.39 Å². The van der Waals surface area contributed by atoms with E-state index < -0.39 is 44.2 Å². The summed E-state index contributed by atoms with van der Waals surface area (Å²) in [6, 6.07) is 2.55. The maximum Gasteiger partial charge on any atom is 0.419 e.